The number of halogens is 3. The highest BCUT2D eigenvalue weighted by molar-refractivity contribution is 6.31. The largest absolute Gasteiger partial charge is 0.486 e. The van der Waals surface area contributed by atoms with Crippen LogP contribution >= 0.6 is 11.6 Å². The molecule has 3 nitrogen and oxygen atoms in total. The van der Waals surface area contributed by atoms with Gasteiger partial charge in [-0.3, -0.25) is 0 Å². The van der Waals surface area contributed by atoms with E-state index in [1.807, 2.05) is 0 Å². The summed E-state index contributed by atoms with van der Waals surface area (Å²) in [4.78, 5) is 10.7. The number of hydrogen-bond donors (Lipinski definition) is 1. The molecular formula is C14H9ClF2O3. The summed E-state index contributed by atoms with van der Waals surface area (Å²) < 4.78 is 31.4. The molecule has 2 rings (SSSR count). The second-order valence-corrected chi connectivity index (χ2v) is 4.38. The predicted molar refractivity (Wildman–Crippen MR) is 69.1 cm³/mol. The van der Waals surface area contributed by atoms with Crippen molar-refractivity contribution in [3.63, 3.8) is 0 Å². The minimum Gasteiger partial charge on any atom is -0.486 e. The quantitative estimate of drug-likeness (QED) is 0.931. The molecule has 0 aliphatic heterocycles. The minimum absolute atomic E-state index is 0.0377. The van der Waals surface area contributed by atoms with Crippen LogP contribution in [0.1, 0.15) is 15.9 Å². The normalized spacial score (nSPS) is 10.3. The van der Waals surface area contributed by atoms with Gasteiger partial charge in [0.25, 0.3) is 0 Å². The first-order valence-electron chi connectivity index (χ1n) is 5.57. The van der Waals surface area contributed by atoms with E-state index in [4.69, 9.17) is 21.4 Å². The van der Waals surface area contributed by atoms with Gasteiger partial charge in [0.15, 0.2) is 11.6 Å². The van der Waals surface area contributed by atoms with E-state index >= 15 is 0 Å². The molecule has 0 fully saturated rings. The Balaban J connectivity index is 2.15. The number of carboxylic acid groups (broad SMARTS) is 1. The number of hydrogen-bond acceptors (Lipinski definition) is 2. The van der Waals surface area contributed by atoms with Crippen LogP contribution in [-0.2, 0) is 6.61 Å². The first-order valence-corrected chi connectivity index (χ1v) is 5.95. The number of ether oxygens (including phenoxy) is 1. The molecule has 0 bridgehead atoms. The second kappa shape index (κ2) is 5.88. The van der Waals surface area contributed by atoms with Crippen molar-refractivity contribution < 1.29 is 23.4 Å². The van der Waals surface area contributed by atoms with E-state index in [2.05, 4.69) is 0 Å². The molecule has 0 aromatic heterocycles. The molecule has 0 spiro atoms. The topological polar surface area (TPSA) is 46.5 Å². The Morgan fingerprint density at radius 2 is 1.95 bits per heavy atom. The van der Waals surface area contributed by atoms with Gasteiger partial charge in [0.05, 0.1) is 5.56 Å². The van der Waals surface area contributed by atoms with Crippen molar-refractivity contribution in [2.24, 2.45) is 0 Å². The molecule has 0 heterocycles. The fourth-order valence-corrected chi connectivity index (χ4v) is 1.78. The Bertz CT molecular complexity index is 659. The highest BCUT2D eigenvalue weighted by Crippen LogP contribution is 2.23. The molecule has 0 amide bonds. The Kier molecular flexibility index (Phi) is 4.20. The Labute approximate surface area is 118 Å². The fraction of sp³-hybridized carbons (Fsp3) is 0.0714. The number of benzene rings is 2. The third-order valence-corrected chi connectivity index (χ3v) is 2.93. The summed E-state index contributed by atoms with van der Waals surface area (Å²) in [6, 6.07) is 6.95. The number of carboxylic acids is 1. The minimum atomic E-state index is -1.10. The standard InChI is InChI=1S/C14H9ClF2O3/c15-11-5-8(14(18)19)1-2-9(11)7-20-13-6-10(16)3-4-12(13)17/h1-6H,7H2,(H,18,19). The van der Waals surface area contributed by atoms with Gasteiger partial charge in [-0.25, -0.2) is 13.6 Å². The monoisotopic (exact) mass is 298 g/mol. The molecular weight excluding hydrogens is 290 g/mol. The van der Waals surface area contributed by atoms with Crippen LogP contribution in [0.3, 0.4) is 0 Å². The van der Waals surface area contributed by atoms with Crippen molar-refractivity contribution in [1.29, 1.82) is 0 Å². The summed E-state index contributed by atoms with van der Waals surface area (Å²) in [5.41, 5.74) is 0.510. The van der Waals surface area contributed by atoms with Gasteiger partial charge < -0.3 is 9.84 Å². The van der Waals surface area contributed by atoms with Gasteiger partial charge in [0.1, 0.15) is 12.4 Å². The molecule has 0 saturated heterocycles. The summed E-state index contributed by atoms with van der Waals surface area (Å²) in [6.07, 6.45) is 0. The van der Waals surface area contributed by atoms with Crippen molar-refractivity contribution in [3.05, 3.63) is 64.2 Å². The zero-order valence-electron chi connectivity index (χ0n) is 10.1. The molecule has 0 atom stereocenters. The van der Waals surface area contributed by atoms with Crippen LogP contribution in [0.25, 0.3) is 0 Å². The summed E-state index contributed by atoms with van der Waals surface area (Å²) in [7, 11) is 0. The third kappa shape index (κ3) is 3.24. The first kappa shape index (κ1) is 14.3. The van der Waals surface area contributed by atoms with Crippen LogP contribution < -0.4 is 4.74 Å². The van der Waals surface area contributed by atoms with Crippen LogP contribution in [0.15, 0.2) is 36.4 Å². The summed E-state index contributed by atoms with van der Waals surface area (Å²) in [6.45, 7) is -0.0981. The number of carbonyl (C=O) groups is 1. The van der Waals surface area contributed by atoms with Crippen LogP contribution in [-0.4, -0.2) is 11.1 Å². The number of aromatic carboxylic acids is 1. The number of rotatable bonds is 4. The Morgan fingerprint density at radius 1 is 1.20 bits per heavy atom. The molecule has 0 aliphatic rings. The average molecular weight is 299 g/mol. The Morgan fingerprint density at radius 3 is 2.60 bits per heavy atom. The van der Waals surface area contributed by atoms with Gasteiger partial charge in [-0.2, -0.15) is 0 Å². The maximum absolute atomic E-state index is 13.3. The maximum atomic E-state index is 13.3. The molecule has 0 unspecified atom stereocenters. The molecule has 1 N–H and O–H groups in total. The molecule has 2 aromatic carbocycles. The van der Waals surface area contributed by atoms with Crippen LogP contribution in [0.2, 0.25) is 5.02 Å². The molecule has 0 radical (unpaired) electrons. The summed E-state index contributed by atoms with van der Waals surface area (Å²) >= 11 is 5.90. The molecule has 6 heteroatoms. The lowest BCUT2D eigenvalue weighted by atomic mass is 10.1. The first-order chi connectivity index (χ1) is 9.47. The zero-order valence-corrected chi connectivity index (χ0v) is 10.8. The van der Waals surface area contributed by atoms with Gasteiger partial charge in [-0.1, -0.05) is 17.7 Å². The predicted octanol–water partition coefficient (Wildman–Crippen LogP) is 3.90. The lowest BCUT2D eigenvalue weighted by molar-refractivity contribution is 0.0697. The molecule has 104 valence electrons. The van der Waals surface area contributed by atoms with E-state index in [0.29, 0.717) is 5.56 Å². The highest BCUT2D eigenvalue weighted by Gasteiger charge is 2.09. The maximum Gasteiger partial charge on any atom is 0.335 e. The highest BCUT2D eigenvalue weighted by atomic mass is 35.5. The summed E-state index contributed by atoms with van der Waals surface area (Å²) in [5.74, 6) is -2.64. The van der Waals surface area contributed by atoms with E-state index in [-0.39, 0.29) is 22.9 Å². The average Bonchev–Trinajstić information content (AvgIpc) is 2.40. The van der Waals surface area contributed by atoms with E-state index in [9.17, 15) is 13.6 Å². The van der Waals surface area contributed by atoms with E-state index in [1.54, 1.807) is 0 Å². The van der Waals surface area contributed by atoms with Crippen molar-refractivity contribution in [2.45, 2.75) is 6.61 Å². The smallest absolute Gasteiger partial charge is 0.335 e. The van der Waals surface area contributed by atoms with Gasteiger partial charge in [-0.15, -0.1) is 0 Å². The molecule has 0 saturated carbocycles. The van der Waals surface area contributed by atoms with Gasteiger partial charge in [0.2, 0.25) is 0 Å². The molecule has 20 heavy (non-hydrogen) atoms. The van der Waals surface area contributed by atoms with Crippen molar-refractivity contribution in [2.75, 3.05) is 0 Å². The van der Waals surface area contributed by atoms with Crippen molar-refractivity contribution >= 4 is 17.6 Å². The van der Waals surface area contributed by atoms with E-state index < -0.39 is 17.6 Å². The lowest BCUT2D eigenvalue weighted by Gasteiger charge is -2.09. The Hall–Kier alpha value is -2.14. The van der Waals surface area contributed by atoms with E-state index in [1.165, 1.54) is 18.2 Å². The van der Waals surface area contributed by atoms with Gasteiger partial charge in [0, 0.05) is 16.7 Å². The zero-order chi connectivity index (χ0) is 14.7. The van der Waals surface area contributed by atoms with Gasteiger partial charge >= 0.3 is 5.97 Å². The van der Waals surface area contributed by atoms with Crippen molar-refractivity contribution in [1.82, 2.24) is 0 Å². The van der Waals surface area contributed by atoms with Crippen LogP contribution in [0.5, 0.6) is 5.75 Å². The lowest BCUT2D eigenvalue weighted by Crippen LogP contribution is -2.01. The molecule has 2 aromatic rings. The second-order valence-electron chi connectivity index (χ2n) is 3.97. The SMILES string of the molecule is O=C(O)c1ccc(COc2cc(F)ccc2F)c(Cl)c1. The molecule has 0 aliphatic carbocycles. The summed E-state index contributed by atoms with van der Waals surface area (Å²) in [5, 5.41) is 8.98. The van der Waals surface area contributed by atoms with Crippen molar-refractivity contribution in [3.8, 4) is 5.75 Å². The third-order valence-electron chi connectivity index (χ3n) is 2.58. The van der Waals surface area contributed by atoms with E-state index in [0.717, 1.165) is 18.2 Å². The van der Waals surface area contributed by atoms with Crippen LogP contribution in [0, 0.1) is 11.6 Å². The van der Waals surface area contributed by atoms with Crippen LogP contribution in [0.4, 0.5) is 8.78 Å². The van der Waals surface area contributed by atoms with Gasteiger partial charge in [-0.05, 0) is 24.3 Å². The fourth-order valence-electron chi connectivity index (χ4n) is 1.54.